The first-order valence-electron chi connectivity index (χ1n) is 7.51. The fourth-order valence-electron chi connectivity index (χ4n) is 2.11. The number of ether oxygens (including phenoxy) is 2. The number of nitrogens with two attached hydrogens (primary N) is 1. The molecule has 0 fully saturated rings. The molecule has 0 radical (unpaired) electrons. The number of hydrogen-bond acceptors (Lipinski definition) is 4. The second-order valence-electron chi connectivity index (χ2n) is 5.27. The maximum absolute atomic E-state index is 11.9. The fourth-order valence-corrected chi connectivity index (χ4v) is 2.11. The molecule has 3 N–H and O–H groups in total. The summed E-state index contributed by atoms with van der Waals surface area (Å²) in [5.41, 5.74) is 8.25. The van der Waals surface area contributed by atoms with E-state index in [1.165, 1.54) is 0 Å². The summed E-state index contributed by atoms with van der Waals surface area (Å²) in [6, 6.07) is 13.0. The molecule has 2 rings (SSSR count). The van der Waals surface area contributed by atoms with Crippen LogP contribution in [0.2, 0.25) is 0 Å². The summed E-state index contributed by atoms with van der Waals surface area (Å²) in [5.74, 6) is 1.23. The number of carbonyl (C=O) groups excluding carboxylic acids is 1. The summed E-state index contributed by atoms with van der Waals surface area (Å²) in [5, 5.41) is 2.78. The maximum atomic E-state index is 11.9. The summed E-state index contributed by atoms with van der Waals surface area (Å²) >= 11 is 0. The van der Waals surface area contributed by atoms with Crippen molar-refractivity contribution in [3.05, 3.63) is 53.6 Å². The summed E-state index contributed by atoms with van der Waals surface area (Å²) in [7, 11) is 0. The Morgan fingerprint density at radius 1 is 1.08 bits per heavy atom. The summed E-state index contributed by atoms with van der Waals surface area (Å²) in [6.07, 6.45) is 0. The summed E-state index contributed by atoms with van der Waals surface area (Å²) in [4.78, 5) is 11.9. The van der Waals surface area contributed by atoms with Gasteiger partial charge in [0.15, 0.2) is 6.61 Å². The van der Waals surface area contributed by atoms with Crippen LogP contribution in [-0.2, 0) is 4.79 Å². The van der Waals surface area contributed by atoms with E-state index in [1.807, 2.05) is 32.0 Å². The summed E-state index contributed by atoms with van der Waals surface area (Å²) < 4.78 is 10.9. The van der Waals surface area contributed by atoms with E-state index in [0.29, 0.717) is 18.8 Å². The molecule has 6 heteroatoms. The molecule has 0 bridgehead atoms. The van der Waals surface area contributed by atoms with Crippen molar-refractivity contribution in [3.8, 4) is 11.5 Å². The number of carbonyl (C=O) groups is 1. The molecule has 0 aliphatic heterocycles. The quantitative estimate of drug-likeness (QED) is 0.804. The first kappa shape index (κ1) is 19.8. The molecule has 24 heavy (non-hydrogen) atoms. The first-order chi connectivity index (χ1) is 11.1. The highest BCUT2D eigenvalue weighted by atomic mass is 35.5. The minimum absolute atomic E-state index is 0. The molecule has 1 amide bonds. The van der Waals surface area contributed by atoms with Gasteiger partial charge in [0, 0.05) is 12.2 Å². The Hall–Kier alpha value is -2.24. The van der Waals surface area contributed by atoms with Crippen molar-refractivity contribution in [1.82, 2.24) is 0 Å². The zero-order valence-corrected chi connectivity index (χ0v) is 14.7. The molecule has 2 aromatic carbocycles. The molecule has 130 valence electrons. The number of aryl methyl sites for hydroxylation is 2. The standard InChI is InChI=1S/C18H22N2O3.ClH/c1-13-3-8-17(14(2)11-13)23-12-18(21)20-15-4-6-16(7-5-15)22-10-9-19;/h3-8,11H,9-10,12,19H2,1-2H3,(H,20,21);1H. The van der Waals surface area contributed by atoms with Crippen LogP contribution in [0.3, 0.4) is 0 Å². The van der Waals surface area contributed by atoms with Gasteiger partial charge in [-0.15, -0.1) is 12.4 Å². The number of anilines is 1. The Morgan fingerprint density at radius 2 is 1.79 bits per heavy atom. The Morgan fingerprint density at radius 3 is 2.42 bits per heavy atom. The predicted molar refractivity (Wildman–Crippen MR) is 98.3 cm³/mol. The van der Waals surface area contributed by atoms with Crippen molar-refractivity contribution >= 4 is 24.0 Å². The van der Waals surface area contributed by atoms with E-state index in [9.17, 15) is 4.79 Å². The lowest BCUT2D eigenvalue weighted by molar-refractivity contribution is -0.118. The third kappa shape index (κ3) is 6.10. The zero-order chi connectivity index (χ0) is 16.7. The van der Waals surface area contributed by atoms with E-state index >= 15 is 0 Å². The monoisotopic (exact) mass is 350 g/mol. The van der Waals surface area contributed by atoms with E-state index in [4.69, 9.17) is 15.2 Å². The second-order valence-corrected chi connectivity index (χ2v) is 5.27. The van der Waals surface area contributed by atoms with E-state index in [1.54, 1.807) is 24.3 Å². The second kappa shape index (κ2) is 9.80. The molecular formula is C18H23ClN2O3. The largest absolute Gasteiger partial charge is 0.492 e. The fraction of sp³-hybridized carbons (Fsp3) is 0.278. The van der Waals surface area contributed by atoms with Crippen molar-refractivity contribution in [1.29, 1.82) is 0 Å². The van der Waals surface area contributed by atoms with Gasteiger partial charge in [-0.25, -0.2) is 0 Å². The van der Waals surface area contributed by atoms with Crippen LogP contribution in [0, 0.1) is 13.8 Å². The zero-order valence-electron chi connectivity index (χ0n) is 13.9. The molecule has 0 aliphatic rings. The highest BCUT2D eigenvalue weighted by molar-refractivity contribution is 5.91. The lowest BCUT2D eigenvalue weighted by atomic mass is 10.1. The van der Waals surface area contributed by atoms with Gasteiger partial charge in [0.2, 0.25) is 0 Å². The van der Waals surface area contributed by atoms with Gasteiger partial charge in [-0.2, -0.15) is 0 Å². The topological polar surface area (TPSA) is 73.6 Å². The van der Waals surface area contributed by atoms with Gasteiger partial charge in [0.25, 0.3) is 5.91 Å². The van der Waals surface area contributed by atoms with Gasteiger partial charge < -0.3 is 20.5 Å². The molecule has 0 aromatic heterocycles. The first-order valence-corrected chi connectivity index (χ1v) is 7.51. The normalized spacial score (nSPS) is 9.79. The van der Waals surface area contributed by atoms with Gasteiger partial charge in [-0.1, -0.05) is 17.7 Å². The van der Waals surface area contributed by atoms with Crippen LogP contribution in [0.5, 0.6) is 11.5 Å². The van der Waals surface area contributed by atoms with Crippen molar-refractivity contribution < 1.29 is 14.3 Å². The number of halogens is 1. The van der Waals surface area contributed by atoms with Crippen molar-refractivity contribution in [2.24, 2.45) is 5.73 Å². The van der Waals surface area contributed by atoms with Gasteiger partial charge in [0.05, 0.1) is 0 Å². The van der Waals surface area contributed by atoms with Crippen LogP contribution >= 0.6 is 12.4 Å². The van der Waals surface area contributed by atoms with Gasteiger partial charge >= 0.3 is 0 Å². The van der Waals surface area contributed by atoms with Crippen LogP contribution in [-0.4, -0.2) is 25.7 Å². The third-order valence-electron chi connectivity index (χ3n) is 3.21. The van der Waals surface area contributed by atoms with E-state index in [0.717, 1.165) is 22.6 Å². The number of rotatable bonds is 7. The lowest BCUT2D eigenvalue weighted by Gasteiger charge is -2.10. The number of hydrogen-bond donors (Lipinski definition) is 2. The molecular weight excluding hydrogens is 328 g/mol. The van der Waals surface area contributed by atoms with E-state index in [2.05, 4.69) is 5.32 Å². The Kier molecular flexibility index (Phi) is 8.09. The van der Waals surface area contributed by atoms with Crippen LogP contribution in [0.4, 0.5) is 5.69 Å². The van der Waals surface area contributed by atoms with Crippen LogP contribution in [0.25, 0.3) is 0 Å². The third-order valence-corrected chi connectivity index (χ3v) is 3.21. The molecule has 0 aliphatic carbocycles. The van der Waals surface area contributed by atoms with E-state index < -0.39 is 0 Å². The Balaban J connectivity index is 0.00000288. The molecule has 0 saturated carbocycles. The number of benzene rings is 2. The van der Waals surface area contributed by atoms with Gasteiger partial charge in [-0.3, -0.25) is 4.79 Å². The molecule has 0 saturated heterocycles. The molecule has 0 atom stereocenters. The van der Waals surface area contributed by atoms with E-state index in [-0.39, 0.29) is 24.9 Å². The molecule has 0 spiro atoms. The predicted octanol–water partition coefficient (Wildman–Crippen LogP) is 3.08. The van der Waals surface area contributed by atoms with Crippen molar-refractivity contribution in [2.45, 2.75) is 13.8 Å². The maximum Gasteiger partial charge on any atom is 0.262 e. The smallest absolute Gasteiger partial charge is 0.262 e. The Labute approximate surface area is 148 Å². The van der Waals surface area contributed by atoms with Crippen molar-refractivity contribution in [3.63, 3.8) is 0 Å². The summed E-state index contributed by atoms with van der Waals surface area (Å²) in [6.45, 7) is 4.88. The molecule has 0 unspecified atom stereocenters. The number of nitrogens with one attached hydrogen (secondary N) is 1. The van der Waals surface area contributed by atoms with Crippen LogP contribution in [0.15, 0.2) is 42.5 Å². The lowest BCUT2D eigenvalue weighted by Crippen LogP contribution is -2.20. The van der Waals surface area contributed by atoms with Crippen LogP contribution in [0.1, 0.15) is 11.1 Å². The highest BCUT2D eigenvalue weighted by Crippen LogP contribution is 2.19. The average molecular weight is 351 g/mol. The molecule has 5 nitrogen and oxygen atoms in total. The minimum Gasteiger partial charge on any atom is -0.492 e. The average Bonchev–Trinajstić information content (AvgIpc) is 2.53. The van der Waals surface area contributed by atoms with Crippen LogP contribution < -0.4 is 20.5 Å². The highest BCUT2D eigenvalue weighted by Gasteiger charge is 2.06. The SMILES string of the molecule is Cc1ccc(OCC(=O)Nc2ccc(OCCN)cc2)c(C)c1.Cl. The minimum atomic E-state index is -0.208. The van der Waals surface area contributed by atoms with Crippen molar-refractivity contribution in [2.75, 3.05) is 25.1 Å². The molecule has 0 heterocycles. The van der Waals surface area contributed by atoms with Gasteiger partial charge in [-0.05, 0) is 49.7 Å². The van der Waals surface area contributed by atoms with Gasteiger partial charge in [0.1, 0.15) is 18.1 Å². The Bertz CT molecular complexity index is 660. The number of amides is 1. The molecule has 2 aromatic rings.